The van der Waals surface area contributed by atoms with Crippen molar-refractivity contribution in [1.29, 1.82) is 0 Å². The predicted molar refractivity (Wildman–Crippen MR) is 112 cm³/mol. The Morgan fingerprint density at radius 1 is 1.04 bits per heavy atom. The fraction of sp³-hybridized carbons (Fsp3) is 0.0476. The monoisotopic (exact) mass is 458 g/mol. The number of hydrogen-bond donors (Lipinski definition) is 2. The van der Waals surface area contributed by atoms with Crippen LogP contribution in [0.4, 0.5) is 0 Å². The summed E-state index contributed by atoms with van der Waals surface area (Å²) in [6.07, 6.45) is 3.12. The number of hydrogen-bond acceptors (Lipinski definition) is 3. The minimum atomic E-state index is -0.434. The van der Waals surface area contributed by atoms with Gasteiger partial charge in [0.1, 0.15) is 11.5 Å². The summed E-state index contributed by atoms with van der Waals surface area (Å²) in [5.41, 5.74) is 1.27. The minimum Gasteiger partial charge on any atom is -0.467 e. The van der Waals surface area contributed by atoms with Gasteiger partial charge in [-0.3, -0.25) is 9.59 Å². The zero-order valence-corrected chi connectivity index (χ0v) is 17.0. The lowest BCUT2D eigenvalue weighted by molar-refractivity contribution is -0.118. The van der Waals surface area contributed by atoms with Gasteiger partial charge in [0, 0.05) is 15.1 Å². The van der Waals surface area contributed by atoms with E-state index in [4.69, 9.17) is 16.0 Å². The SMILES string of the molecule is O=C(NCc1ccco1)/C(=C/c1ccc(Cl)cc1)NC(=O)c1ccc(Br)cc1. The van der Waals surface area contributed by atoms with Gasteiger partial charge in [0.2, 0.25) is 0 Å². The summed E-state index contributed by atoms with van der Waals surface area (Å²) in [4.78, 5) is 25.2. The van der Waals surface area contributed by atoms with Crippen LogP contribution in [0.2, 0.25) is 5.02 Å². The molecule has 3 aromatic rings. The number of halogens is 2. The van der Waals surface area contributed by atoms with Gasteiger partial charge in [-0.1, -0.05) is 39.7 Å². The summed E-state index contributed by atoms with van der Waals surface area (Å²) < 4.78 is 6.07. The van der Waals surface area contributed by atoms with E-state index < -0.39 is 5.91 Å². The summed E-state index contributed by atoms with van der Waals surface area (Å²) in [6.45, 7) is 0.206. The Bertz CT molecular complexity index is 982. The lowest BCUT2D eigenvalue weighted by atomic mass is 10.1. The third-order valence-electron chi connectivity index (χ3n) is 3.78. The molecule has 1 aromatic heterocycles. The summed E-state index contributed by atoms with van der Waals surface area (Å²) in [5, 5.41) is 5.99. The third kappa shape index (κ3) is 5.58. The first-order valence-corrected chi connectivity index (χ1v) is 9.53. The maximum Gasteiger partial charge on any atom is 0.268 e. The lowest BCUT2D eigenvalue weighted by Crippen LogP contribution is -2.34. The standard InChI is InChI=1S/C21H16BrClN2O3/c22-16-7-5-15(6-8-16)20(26)25-19(12-14-3-9-17(23)10-4-14)21(27)24-13-18-2-1-11-28-18/h1-12H,13H2,(H,24,27)(H,25,26)/b19-12-. The number of nitrogens with one attached hydrogen (secondary N) is 2. The molecule has 3 rings (SSSR count). The van der Waals surface area contributed by atoms with Crippen LogP contribution in [-0.2, 0) is 11.3 Å². The second kappa shape index (κ2) is 9.39. The number of benzene rings is 2. The van der Waals surface area contributed by atoms with Crippen LogP contribution in [-0.4, -0.2) is 11.8 Å². The molecular formula is C21H16BrClN2O3. The highest BCUT2D eigenvalue weighted by Crippen LogP contribution is 2.14. The number of carbonyl (C=O) groups is 2. The Hall–Kier alpha value is -2.83. The van der Waals surface area contributed by atoms with E-state index >= 15 is 0 Å². The molecule has 0 saturated heterocycles. The molecule has 0 aliphatic heterocycles. The molecule has 0 bridgehead atoms. The molecule has 1 heterocycles. The van der Waals surface area contributed by atoms with Gasteiger partial charge in [-0.25, -0.2) is 0 Å². The highest BCUT2D eigenvalue weighted by molar-refractivity contribution is 9.10. The fourth-order valence-electron chi connectivity index (χ4n) is 2.36. The highest BCUT2D eigenvalue weighted by atomic mass is 79.9. The van der Waals surface area contributed by atoms with Gasteiger partial charge in [0.25, 0.3) is 11.8 Å². The van der Waals surface area contributed by atoms with E-state index in [9.17, 15) is 9.59 Å². The maximum atomic E-state index is 12.7. The highest BCUT2D eigenvalue weighted by Gasteiger charge is 2.15. The number of carbonyl (C=O) groups excluding carboxylic acids is 2. The zero-order chi connectivity index (χ0) is 19.9. The maximum absolute atomic E-state index is 12.7. The van der Waals surface area contributed by atoms with E-state index in [1.807, 2.05) is 0 Å². The van der Waals surface area contributed by atoms with E-state index in [0.717, 1.165) is 10.0 Å². The van der Waals surface area contributed by atoms with E-state index in [1.54, 1.807) is 66.7 Å². The molecular weight excluding hydrogens is 444 g/mol. The third-order valence-corrected chi connectivity index (χ3v) is 4.56. The molecule has 0 radical (unpaired) electrons. The van der Waals surface area contributed by atoms with Gasteiger partial charge >= 0.3 is 0 Å². The van der Waals surface area contributed by atoms with Gasteiger partial charge in [0.05, 0.1) is 12.8 Å². The van der Waals surface area contributed by atoms with Crippen LogP contribution in [0.5, 0.6) is 0 Å². The Balaban J connectivity index is 1.80. The van der Waals surface area contributed by atoms with Crippen LogP contribution < -0.4 is 10.6 Å². The van der Waals surface area contributed by atoms with E-state index in [0.29, 0.717) is 16.3 Å². The molecule has 28 heavy (non-hydrogen) atoms. The molecule has 0 unspecified atom stereocenters. The van der Waals surface area contributed by atoms with Crippen molar-refractivity contribution >= 4 is 45.4 Å². The number of furan rings is 1. The summed E-state index contributed by atoms with van der Waals surface area (Å²) >= 11 is 9.24. The Kier molecular flexibility index (Phi) is 6.68. The normalized spacial score (nSPS) is 11.1. The van der Waals surface area contributed by atoms with Gasteiger partial charge in [-0.15, -0.1) is 0 Å². The fourth-order valence-corrected chi connectivity index (χ4v) is 2.75. The number of rotatable bonds is 6. The van der Waals surface area contributed by atoms with Gasteiger partial charge in [-0.2, -0.15) is 0 Å². The van der Waals surface area contributed by atoms with E-state index in [1.165, 1.54) is 6.26 Å². The van der Waals surface area contributed by atoms with Crippen LogP contribution >= 0.6 is 27.5 Å². The van der Waals surface area contributed by atoms with Crippen molar-refractivity contribution in [3.8, 4) is 0 Å². The quantitative estimate of drug-likeness (QED) is 0.521. The van der Waals surface area contributed by atoms with Gasteiger partial charge in [0.15, 0.2) is 0 Å². The molecule has 0 saturated carbocycles. The molecule has 0 fully saturated rings. The van der Waals surface area contributed by atoms with Crippen molar-refractivity contribution in [1.82, 2.24) is 10.6 Å². The molecule has 2 aromatic carbocycles. The summed E-state index contributed by atoms with van der Waals surface area (Å²) in [7, 11) is 0. The largest absolute Gasteiger partial charge is 0.467 e. The number of amides is 2. The molecule has 0 spiro atoms. The minimum absolute atomic E-state index is 0.113. The summed E-state index contributed by atoms with van der Waals surface area (Å²) in [6, 6.07) is 17.3. The average molecular weight is 460 g/mol. The van der Waals surface area contributed by atoms with Crippen LogP contribution in [0.15, 0.2) is 81.5 Å². The van der Waals surface area contributed by atoms with Crippen molar-refractivity contribution in [2.75, 3.05) is 0 Å². The first-order chi connectivity index (χ1) is 13.5. The topological polar surface area (TPSA) is 71.3 Å². The molecule has 0 atom stereocenters. The summed E-state index contributed by atoms with van der Waals surface area (Å²) in [5.74, 6) is -0.212. The van der Waals surface area contributed by atoms with E-state index in [-0.39, 0.29) is 18.1 Å². The first-order valence-electron chi connectivity index (χ1n) is 8.36. The average Bonchev–Trinajstić information content (AvgIpc) is 3.21. The first kappa shape index (κ1) is 19.9. The zero-order valence-electron chi connectivity index (χ0n) is 14.6. The molecule has 142 valence electrons. The predicted octanol–water partition coefficient (Wildman–Crippen LogP) is 4.78. The van der Waals surface area contributed by atoms with Crippen molar-refractivity contribution in [3.63, 3.8) is 0 Å². The van der Waals surface area contributed by atoms with Crippen LogP contribution in [0.3, 0.4) is 0 Å². The molecule has 5 nitrogen and oxygen atoms in total. The van der Waals surface area contributed by atoms with Crippen LogP contribution in [0.1, 0.15) is 21.7 Å². The Labute approximate surface area is 175 Å². The van der Waals surface area contributed by atoms with Crippen molar-refractivity contribution < 1.29 is 14.0 Å². The molecule has 0 aliphatic carbocycles. The molecule has 0 aliphatic rings. The van der Waals surface area contributed by atoms with Crippen molar-refractivity contribution in [2.24, 2.45) is 0 Å². The smallest absolute Gasteiger partial charge is 0.268 e. The molecule has 2 amide bonds. The lowest BCUT2D eigenvalue weighted by Gasteiger charge is -2.11. The second-order valence-electron chi connectivity index (χ2n) is 5.83. The van der Waals surface area contributed by atoms with Crippen LogP contribution in [0.25, 0.3) is 6.08 Å². The van der Waals surface area contributed by atoms with Crippen molar-refractivity contribution in [3.05, 3.63) is 99.0 Å². The van der Waals surface area contributed by atoms with Crippen LogP contribution in [0, 0.1) is 0 Å². The molecule has 7 heteroatoms. The van der Waals surface area contributed by atoms with E-state index in [2.05, 4.69) is 26.6 Å². The van der Waals surface area contributed by atoms with Gasteiger partial charge < -0.3 is 15.1 Å². The second-order valence-corrected chi connectivity index (χ2v) is 7.18. The van der Waals surface area contributed by atoms with Gasteiger partial charge in [-0.05, 0) is 60.2 Å². The molecule has 2 N–H and O–H groups in total. The van der Waals surface area contributed by atoms with Crippen molar-refractivity contribution in [2.45, 2.75) is 6.54 Å². The Morgan fingerprint density at radius 3 is 2.39 bits per heavy atom. The Morgan fingerprint density at radius 2 is 1.75 bits per heavy atom.